The standard InChI is InChI=1S/C13H10BrClF3NOS/c1-7(11-4-5-12(15)21-11)19-8-2-3-10(9(14)6-8)20-13(16,17)18/h2-7,19H,1H3. The number of thiophene rings is 1. The van der Waals surface area contributed by atoms with Crippen LogP contribution in [0.5, 0.6) is 5.75 Å². The van der Waals surface area contributed by atoms with E-state index in [-0.39, 0.29) is 16.3 Å². The summed E-state index contributed by atoms with van der Waals surface area (Å²) in [6.07, 6.45) is -4.71. The first-order valence-electron chi connectivity index (χ1n) is 5.81. The van der Waals surface area contributed by atoms with Crippen molar-refractivity contribution in [3.05, 3.63) is 44.0 Å². The average Bonchev–Trinajstić information content (AvgIpc) is 2.78. The number of halogens is 5. The van der Waals surface area contributed by atoms with E-state index < -0.39 is 6.36 Å². The van der Waals surface area contributed by atoms with Gasteiger partial charge in [0.2, 0.25) is 0 Å². The molecule has 114 valence electrons. The molecule has 21 heavy (non-hydrogen) atoms. The SMILES string of the molecule is CC(Nc1ccc(OC(F)(F)F)c(Br)c1)c1ccc(Cl)s1. The van der Waals surface area contributed by atoms with Gasteiger partial charge in [0, 0.05) is 10.6 Å². The number of benzene rings is 1. The van der Waals surface area contributed by atoms with Gasteiger partial charge in [-0.3, -0.25) is 0 Å². The first-order valence-corrected chi connectivity index (χ1v) is 7.80. The summed E-state index contributed by atoms with van der Waals surface area (Å²) in [5.41, 5.74) is 0.674. The van der Waals surface area contributed by atoms with Gasteiger partial charge in [0.15, 0.2) is 0 Å². The Balaban J connectivity index is 2.10. The molecule has 0 aliphatic carbocycles. The highest BCUT2D eigenvalue weighted by Crippen LogP contribution is 2.34. The van der Waals surface area contributed by atoms with Gasteiger partial charge in [0.05, 0.1) is 14.9 Å². The molecule has 0 saturated carbocycles. The second-order valence-corrected chi connectivity index (χ2v) is 6.80. The van der Waals surface area contributed by atoms with E-state index in [1.807, 2.05) is 13.0 Å². The molecule has 2 nitrogen and oxygen atoms in total. The number of ether oxygens (including phenoxy) is 1. The van der Waals surface area contributed by atoms with Crippen molar-refractivity contribution >= 4 is 44.6 Å². The van der Waals surface area contributed by atoms with E-state index in [1.165, 1.54) is 29.5 Å². The van der Waals surface area contributed by atoms with E-state index >= 15 is 0 Å². The summed E-state index contributed by atoms with van der Waals surface area (Å²) < 4.78 is 41.4. The predicted octanol–water partition coefficient (Wildman–Crippen LogP) is 6.24. The third-order valence-corrected chi connectivity index (χ3v) is 4.60. The van der Waals surface area contributed by atoms with Crippen LogP contribution in [0.2, 0.25) is 4.34 Å². The number of rotatable bonds is 4. The van der Waals surface area contributed by atoms with Gasteiger partial charge in [-0.25, -0.2) is 0 Å². The highest BCUT2D eigenvalue weighted by atomic mass is 79.9. The molecule has 0 fully saturated rings. The van der Waals surface area contributed by atoms with Gasteiger partial charge in [0.25, 0.3) is 0 Å². The van der Waals surface area contributed by atoms with Crippen molar-refractivity contribution in [3.63, 3.8) is 0 Å². The van der Waals surface area contributed by atoms with E-state index in [0.29, 0.717) is 10.0 Å². The summed E-state index contributed by atoms with van der Waals surface area (Å²) in [6, 6.07) is 8.01. The van der Waals surface area contributed by atoms with E-state index in [2.05, 4.69) is 26.0 Å². The molecule has 1 N–H and O–H groups in total. The fourth-order valence-electron chi connectivity index (χ4n) is 1.68. The van der Waals surface area contributed by atoms with Crippen molar-refractivity contribution in [1.29, 1.82) is 0 Å². The summed E-state index contributed by atoms with van der Waals surface area (Å²) in [6.45, 7) is 1.94. The van der Waals surface area contributed by atoms with Crippen LogP contribution in [0.25, 0.3) is 0 Å². The molecule has 1 aromatic carbocycles. The zero-order valence-electron chi connectivity index (χ0n) is 10.7. The van der Waals surface area contributed by atoms with Gasteiger partial charge in [-0.05, 0) is 53.2 Å². The summed E-state index contributed by atoms with van der Waals surface area (Å²) in [4.78, 5) is 1.03. The predicted molar refractivity (Wildman–Crippen MR) is 82.2 cm³/mol. The number of hydrogen-bond donors (Lipinski definition) is 1. The fourth-order valence-corrected chi connectivity index (χ4v) is 3.20. The summed E-state index contributed by atoms with van der Waals surface area (Å²) in [5, 5.41) is 3.19. The Hall–Kier alpha value is -0.920. The highest BCUT2D eigenvalue weighted by molar-refractivity contribution is 9.10. The number of alkyl halides is 3. The lowest BCUT2D eigenvalue weighted by Crippen LogP contribution is -2.17. The third-order valence-electron chi connectivity index (χ3n) is 2.56. The van der Waals surface area contributed by atoms with Crippen molar-refractivity contribution < 1.29 is 17.9 Å². The number of nitrogens with one attached hydrogen (secondary N) is 1. The summed E-state index contributed by atoms with van der Waals surface area (Å²) in [5.74, 6) is -0.278. The highest BCUT2D eigenvalue weighted by Gasteiger charge is 2.31. The Labute approximate surface area is 137 Å². The molecule has 1 heterocycles. The normalized spacial score (nSPS) is 13.0. The second-order valence-electron chi connectivity index (χ2n) is 4.20. The quantitative estimate of drug-likeness (QED) is 0.656. The van der Waals surface area contributed by atoms with Gasteiger partial charge < -0.3 is 10.1 Å². The largest absolute Gasteiger partial charge is 0.573 e. The Bertz CT molecular complexity index is 632. The molecule has 0 aliphatic heterocycles. The monoisotopic (exact) mass is 399 g/mol. The first-order chi connectivity index (χ1) is 9.74. The van der Waals surface area contributed by atoms with E-state index in [9.17, 15) is 13.2 Å². The first kappa shape index (κ1) is 16.5. The molecule has 8 heteroatoms. The van der Waals surface area contributed by atoms with Gasteiger partial charge in [-0.15, -0.1) is 24.5 Å². The molecule has 0 radical (unpaired) electrons. The van der Waals surface area contributed by atoms with Crippen molar-refractivity contribution in [2.45, 2.75) is 19.3 Å². The van der Waals surface area contributed by atoms with Crippen LogP contribution in [0.3, 0.4) is 0 Å². The molecular formula is C13H10BrClF3NOS. The van der Waals surface area contributed by atoms with E-state index in [4.69, 9.17) is 11.6 Å². The minimum absolute atomic E-state index is 0.0104. The van der Waals surface area contributed by atoms with Crippen molar-refractivity contribution in [2.24, 2.45) is 0 Å². The zero-order chi connectivity index (χ0) is 15.6. The van der Waals surface area contributed by atoms with Crippen molar-refractivity contribution in [1.82, 2.24) is 0 Å². The van der Waals surface area contributed by atoms with Crippen LogP contribution in [-0.4, -0.2) is 6.36 Å². The molecule has 2 aromatic rings. The van der Waals surface area contributed by atoms with Crippen LogP contribution in [0.15, 0.2) is 34.8 Å². The molecule has 1 unspecified atom stereocenters. The molecular weight excluding hydrogens is 391 g/mol. The average molecular weight is 401 g/mol. The molecule has 0 bridgehead atoms. The molecule has 0 saturated heterocycles. The lowest BCUT2D eigenvalue weighted by atomic mass is 10.2. The van der Waals surface area contributed by atoms with E-state index in [1.54, 1.807) is 6.07 Å². The maximum absolute atomic E-state index is 12.2. The maximum atomic E-state index is 12.2. The Kier molecular flexibility index (Phi) is 5.06. The molecule has 0 aliphatic rings. The van der Waals surface area contributed by atoms with Crippen LogP contribution in [0.4, 0.5) is 18.9 Å². The topological polar surface area (TPSA) is 21.3 Å². The van der Waals surface area contributed by atoms with Crippen LogP contribution in [-0.2, 0) is 0 Å². The van der Waals surface area contributed by atoms with Crippen LogP contribution < -0.4 is 10.1 Å². The third kappa shape index (κ3) is 4.79. The maximum Gasteiger partial charge on any atom is 0.573 e. The van der Waals surface area contributed by atoms with Gasteiger partial charge >= 0.3 is 6.36 Å². The smallest absolute Gasteiger partial charge is 0.405 e. The molecule has 2 rings (SSSR count). The van der Waals surface area contributed by atoms with E-state index in [0.717, 1.165) is 4.88 Å². The van der Waals surface area contributed by atoms with Gasteiger partial charge in [-0.1, -0.05) is 11.6 Å². The number of anilines is 1. The van der Waals surface area contributed by atoms with Crippen LogP contribution in [0.1, 0.15) is 17.8 Å². The molecule has 1 atom stereocenters. The Morgan fingerprint density at radius 3 is 2.52 bits per heavy atom. The minimum Gasteiger partial charge on any atom is -0.405 e. The van der Waals surface area contributed by atoms with Crippen molar-refractivity contribution in [2.75, 3.05) is 5.32 Å². The number of hydrogen-bond acceptors (Lipinski definition) is 3. The minimum atomic E-state index is -4.71. The second kappa shape index (κ2) is 6.46. The Morgan fingerprint density at radius 2 is 2.00 bits per heavy atom. The lowest BCUT2D eigenvalue weighted by Gasteiger charge is -2.16. The van der Waals surface area contributed by atoms with Crippen LogP contribution >= 0.6 is 38.9 Å². The van der Waals surface area contributed by atoms with Crippen LogP contribution in [0, 0.1) is 0 Å². The Morgan fingerprint density at radius 1 is 1.29 bits per heavy atom. The lowest BCUT2D eigenvalue weighted by molar-refractivity contribution is -0.274. The van der Waals surface area contributed by atoms with Crippen molar-refractivity contribution in [3.8, 4) is 5.75 Å². The molecule has 1 aromatic heterocycles. The molecule has 0 spiro atoms. The fraction of sp³-hybridized carbons (Fsp3) is 0.231. The summed E-state index contributed by atoms with van der Waals surface area (Å²) >= 11 is 10.4. The summed E-state index contributed by atoms with van der Waals surface area (Å²) in [7, 11) is 0. The van der Waals surface area contributed by atoms with Gasteiger partial charge in [0.1, 0.15) is 5.75 Å². The zero-order valence-corrected chi connectivity index (χ0v) is 13.8. The molecule has 0 amide bonds. The van der Waals surface area contributed by atoms with Gasteiger partial charge in [-0.2, -0.15) is 0 Å².